The molecule has 0 unspecified atom stereocenters. The molecule has 0 aromatic carbocycles. The second kappa shape index (κ2) is 47.5. The van der Waals surface area contributed by atoms with E-state index in [4.69, 9.17) is 37.3 Å². The molecule has 0 saturated carbocycles. The molecule has 91 heavy (non-hydrogen) atoms. The van der Waals surface area contributed by atoms with Gasteiger partial charge in [0, 0.05) is 89.1 Å². The number of nitrogens with one attached hydrogen (secondary N) is 2. The van der Waals surface area contributed by atoms with E-state index in [-0.39, 0.29) is 32.8 Å². The highest BCUT2D eigenvalue weighted by atomic mass is 80.9. The van der Waals surface area contributed by atoms with Crippen molar-refractivity contribution in [1.82, 2.24) is 29.9 Å². The molecule has 6 heterocycles. The van der Waals surface area contributed by atoms with Crippen LogP contribution in [-0.2, 0) is 26.1 Å². The predicted octanol–water partition coefficient (Wildman–Crippen LogP) is 18.3. The molecule has 6 rings (SSSR count). The van der Waals surface area contributed by atoms with Crippen LogP contribution in [0.25, 0.3) is 0 Å². The molecule has 508 valence electrons. The Hall–Kier alpha value is -4.33. The number of ether oxygens (including phenoxy) is 4. The number of hydrogen-bond acceptors (Lipinski definition) is 14. The lowest BCUT2D eigenvalue weighted by molar-refractivity contribution is 0.195. The van der Waals surface area contributed by atoms with Gasteiger partial charge in [0.1, 0.15) is 26.4 Å². The van der Waals surface area contributed by atoms with Gasteiger partial charge in [0.25, 0.3) is 5.56 Å². The lowest BCUT2D eigenvalue weighted by Crippen LogP contribution is -2.41. The summed E-state index contributed by atoms with van der Waals surface area (Å²) in [6.45, 7) is 43.8. The Morgan fingerprint density at radius 1 is 0.484 bits per heavy atom. The molecule has 0 aliphatic heterocycles. The predicted molar refractivity (Wildman–Crippen MR) is 397 cm³/mol. The summed E-state index contributed by atoms with van der Waals surface area (Å²) in [6.07, 6.45) is 17.6. The molecule has 6 aromatic heterocycles. The Balaban J connectivity index is 0.00000110. The topological polar surface area (TPSA) is 202 Å². The van der Waals surface area contributed by atoms with Crippen LogP contribution in [0.4, 0.5) is 0 Å². The SMILES string of the molecule is BrBr.CC(C)(C)[Si](C)(C)OCCOc1ncccc1Br.CCC#Cc1cccnc1OCCO[Si](C)(C)C(C)(C)C.CCCCc1cccnc1OCCO.CCCCc1cccnc1OCCO[Si](C)(C)C(C)(C)C.O=c1[nH]cccc1Br.O=c1cccc[nH]1. The van der Waals surface area contributed by atoms with Crippen LogP contribution in [0.15, 0.2) is 135 Å². The smallest absolute Gasteiger partial charge is 0.262 e. The molecule has 0 bridgehead atoms. The Bertz CT molecular complexity index is 3010. The highest BCUT2D eigenvalue weighted by molar-refractivity contribution is 9.93. The van der Waals surface area contributed by atoms with Crippen molar-refractivity contribution in [1.29, 1.82) is 0 Å². The highest BCUT2D eigenvalue weighted by Gasteiger charge is 2.38. The maximum Gasteiger partial charge on any atom is 0.262 e. The van der Waals surface area contributed by atoms with Gasteiger partial charge in [-0.2, -0.15) is 0 Å². The number of halogens is 4. The molecule has 6 aromatic rings. The van der Waals surface area contributed by atoms with Crippen molar-refractivity contribution in [2.24, 2.45) is 0 Å². The van der Waals surface area contributed by atoms with E-state index in [2.05, 4.69) is 223 Å². The van der Waals surface area contributed by atoms with E-state index in [0.717, 1.165) is 53.6 Å². The van der Waals surface area contributed by atoms with E-state index in [1.54, 1.807) is 61.4 Å². The Morgan fingerprint density at radius 3 is 1.24 bits per heavy atom. The Morgan fingerprint density at radius 2 is 0.879 bits per heavy atom. The molecule has 0 spiro atoms. The fourth-order valence-electron chi connectivity index (χ4n) is 6.36. The Kier molecular flexibility index (Phi) is 45.3. The average molecular weight is 1570 g/mol. The molecular weight excluding hydrogens is 1460 g/mol. The number of aliphatic hydroxyl groups is 1. The number of hydrogen-bond donors (Lipinski definition) is 3. The van der Waals surface area contributed by atoms with Gasteiger partial charge in [-0.1, -0.05) is 126 Å². The van der Waals surface area contributed by atoms with Gasteiger partial charge in [0.05, 0.1) is 40.9 Å². The van der Waals surface area contributed by atoms with Crippen LogP contribution in [-0.4, -0.2) is 113 Å². The lowest BCUT2D eigenvalue weighted by atomic mass is 10.1. The van der Waals surface area contributed by atoms with Gasteiger partial charge < -0.3 is 47.3 Å². The zero-order valence-electron chi connectivity index (χ0n) is 57.5. The molecule has 0 atom stereocenters. The van der Waals surface area contributed by atoms with Crippen LogP contribution in [0.1, 0.15) is 132 Å². The van der Waals surface area contributed by atoms with Crippen molar-refractivity contribution in [3.8, 4) is 35.4 Å². The van der Waals surface area contributed by atoms with E-state index >= 15 is 0 Å². The van der Waals surface area contributed by atoms with Crippen molar-refractivity contribution in [3.63, 3.8) is 0 Å². The van der Waals surface area contributed by atoms with Crippen molar-refractivity contribution < 1.29 is 37.3 Å². The number of pyridine rings is 6. The van der Waals surface area contributed by atoms with Gasteiger partial charge in [-0.3, -0.25) is 9.59 Å². The van der Waals surface area contributed by atoms with Crippen molar-refractivity contribution in [2.75, 3.05) is 52.9 Å². The van der Waals surface area contributed by atoms with Crippen LogP contribution in [0.3, 0.4) is 0 Å². The van der Waals surface area contributed by atoms with E-state index in [1.165, 1.54) is 24.5 Å². The second-order valence-corrected chi connectivity index (χ2v) is 41.1. The van der Waals surface area contributed by atoms with Gasteiger partial charge in [-0.25, -0.2) is 19.9 Å². The standard InChI is InChI=1S/C17H31NO2Si.C17H27NO2Si.C13H22BrNO2Si.C11H17NO2.C5H4BrNO.C5H5NO.Br2/c2*1-7-8-10-15-11-9-12-18-16(15)19-13-14-20-21(5,6)17(2,3)4;1-13(2,3)18(4,5)17-10-9-16-12-11(14)7-6-8-15-12;1-2-3-5-10-6-4-7-12-11(10)14-9-8-13;6-4-2-1-3-7-5(4)8;7-5-3-1-2-4-6-5;1-2/h9,11-12H,7-8,10,13-14H2,1-6H3;9,11-12H,7,13-14H2,1-6H3;6-8H,9-10H2,1-5H3;4,6-7,13H,2-3,5,8-9H2,1H3;1-3H,(H,7,8);1-4H,(H,6,7);. The fourth-order valence-corrected chi connectivity index (χ4v) is 10.1. The molecule has 0 saturated heterocycles. The van der Waals surface area contributed by atoms with Crippen LogP contribution in [0.5, 0.6) is 23.5 Å². The molecule has 0 fully saturated rings. The second-order valence-electron chi connectivity index (χ2n) is 25.0. The summed E-state index contributed by atoms with van der Waals surface area (Å²) in [5.41, 5.74) is 3.02. The monoisotopic (exact) mass is 1570 g/mol. The fraction of sp³-hybridized carbons (Fsp3) is 0.529. The van der Waals surface area contributed by atoms with Gasteiger partial charge in [-0.15, -0.1) is 0 Å². The zero-order valence-corrected chi connectivity index (χ0v) is 66.8. The normalized spacial score (nSPS) is 11.2. The van der Waals surface area contributed by atoms with E-state index in [0.29, 0.717) is 68.4 Å². The number of rotatable bonds is 24. The minimum atomic E-state index is -1.71. The Labute approximate surface area is 580 Å². The third-order valence-electron chi connectivity index (χ3n) is 14.7. The zero-order chi connectivity index (χ0) is 69.0. The van der Waals surface area contributed by atoms with Crippen LogP contribution < -0.4 is 30.1 Å². The van der Waals surface area contributed by atoms with Gasteiger partial charge >= 0.3 is 0 Å². The molecule has 3 N–H and O–H groups in total. The number of aromatic amines is 2. The number of aryl methyl sites for hydroxylation is 2. The minimum Gasteiger partial charge on any atom is -0.475 e. The maximum atomic E-state index is 10.5. The average Bonchev–Trinajstić information content (AvgIpc) is 1.70. The van der Waals surface area contributed by atoms with Crippen molar-refractivity contribution >= 4 is 85.1 Å². The van der Waals surface area contributed by atoms with E-state index in [1.807, 2.05) is 49.4 Å². The summed E-state index contributed by atoms with van der Waals surface area (Å²) in [5.74, 6) is 8.77. The third kappa shape index (κ3) is 38.0. The lowest BCUT2D eigenvalue weighted by Gasteiger charge is -2.36. The summed E-state index contributed by atoms with van der Waals surface area (Å²) in [4.78, 5) is 42.6. The summed E-state index contributed by atoms with van der Waals surface area (Å²) in [6, 6.07) is 24.0. The molecule has 0 aliphatic carbocycles. The summed E-state index contributed by atoms with van der Waals surface area (Å²) >= 11 is 12.0. The summed E-state index contributed by atoms with van der Waals surface area (Å²) in [5, 5.41) is 9.33. The minimum absolute atomic E-state index is 0.0315. The largest absolute Gasteiger partial charge is 0.475 e. The number of aliphatic hydroxyl groups excluding tert-OH is 1. The highest BCUT2D eigenvalue weighted by Crippen LogP contribution is 2.38. The first-order valence-electron chi connectivity index (χ1n) is 30.9. The van der Waals surface area contributed by atoms with Crippen LogP contribution in [0.2, 0.25) is 54.4 Å². The molecule has 0 aliphatic rings. The van der Waals surface area contributed by atoms with Gasteiger partial charge in [0.2, 0.25) is 29.1 Å². The van der Waals surface area contributed by atoms with Crippen molar-refractivity contribution in [3.05, 3.63) is 162 Å². The first-order valence-corrected chi connectivity index (χ1v) is 45.0. The summed E-state index contributed by atoms with van der Waals surface area (Å²) < 4.78 is 42.1. The molecule has 0 radical (unpaired) electrons. The number of H-pyrrole nitrogens is 2. The van der Waals surface area contributed by atoms with Gasteiger partial charge in [0.15, 0.2) is 25.0 Å². The first-order chi connectivity index (χ1) is 42.9. The quantitative estimate of drug-likeness (QED) is 0.0293. The molecular formula is C68H106Br4N6O10Si3. The first kappa shape index (κ1) is 86.7. The van der Waals surface area contributed by atoms with Crippen molar-refractivity contribution in [2.45, 2.75) is 182 Å². The third-order valence-corrected chi connectivity index (χ3v) is 29.6. The van der Waals surface area contributed by atoms with E-state index in [9.17, 15) is 9.59 Å². The number of unbranched alkanes of at least 4 members (excludes halogenated alkanes) is 2. The van der Waals surface area contributed by atoms with Gasteiger partial charge in [-0.05, 0) is 167 Å². The number of nitrogens with zero attached hydrogens (tertiary/aromatic N) is 4. The van der Waals surface area contributed by atoms with Crippen LogP contribution in [0, 0.1) is 11.8 Å². The maximum absolute atomic E-state index is 10.5. The molecule has 23 heteroatoms. The summed E-state index contributed by atoms with van der Waals surface area (Å²) in [7, 11) is -5.05. The number of aromatic nitrogens is 6. The molecule has 16 nitrogen and oxygen atoms in total. The van der Waals surface area contributed by atoms with E-state index < -0.39 is 25.0 Å². The molecule has 0 amide bonds. The van der Waals surface area contributed by atoms with Crippen LogP contribution >= 0.6 is 60.1 Å².